The second-order valence-corrected chi connectivity index (χ2v) is 4.67. The van der Waals surface area contributed by atoms with Gasteiger partial charge in [-0.1, -0.05) is 18.3 Å². The molecule has 1 rings (SSSR count). The first-order valence-corrected chi connectivity index (χ1v) is 6.74. The maximum absolute atomic E-state index is 12.5. The third kappa shape index (κ3) is 3.84. The monoisotopic (exact) mass is 296 g/mol. The molecule has 0 saturated carbocycles. The minimum atomic E-state index is -0.125. The van der Waals surface area contributed by atoms with Gasteiger partial charge in [-0.25, -0.2) is 0 Å². The van der Waals surface area contributed by atoms with E-state index in [0.717, 1.165) is 0 Å². The third-order valence-electron chi connectivity index (χ3n) is 2.93. The minimum Gasteiger partial charge on any atom is -0.493 e. The van der Waals surface area contributed by atoms with E-state index in [2.05, 4.69) is 0 Å². The van der Waals surface area contributed by atoms with E-state index in [4.69, 9.17) is 27.4 Å². The molecule has 1 aromatic carbocycles. The van der Waals surface area contributed by atoms with Crippen molar-refractivity contribution in [1.82, 2.24) is 4.90 Å². The zero-order valence-corrected chi connectivity index (χ0v) is 12.8. The molecule has 0 aliphatic carbocycles. The van der Waals surface area contributed by atoms with Crippen molar-refractivity contribution >= 4 is 23.1 Å². The second kappa shape index (κ2) is 7.69. The van der Waals surface area contributed by atoms with Crippen molar-refractivity contribution in [1.29, 1.82) is 0 Å². The van der Waals surface area contributed by atoms with Gasteiger partial charge in [-0.05, 0) is 19.1 Å². The molecule has 0 radical (unpaired) electrons. The Morgan fingerprint density at radius 2 is 2.05 bits per heavy atom. The molecule has 0 fully saturated rings. The molecule has 1 amide bonds. The van der Waals surface area contributed by atoms with E-state index >= 15 is 0 Å². The molecule has 1 aromatic rings. The molecular formula is C14H20N2O3S. The molecular weight excluding hydrogens is 276 g/mol. The predicted octanol–water partition coefficient (Wildman–Crippen LogP) is 1.84. The normalized spacial score (nSPS) is 9.95. The van der Waals surface area contributed by atoms with Crippen molar-refractivity contribution in [2.24, 2.45) is 5.73 Å². The number of carbonyl (C=O) groups is 1. The highest BCUT2D eigenvalue weighted by molar-refractivity contribution is 7.80. The van der Waals surface area contributed by atoms with Crippen molar-refractivity contribution in [3.63, 3.8) is 0 Å². The highest BCUT2D eigenvalue weighted by Gasteiger charge is 2.20. The summed E-state index contributed by atoms with van der Waals surface area (Å²) in [7, 11) is 3.05. The average Bonchev–Trinajstić information content (AvgIpc) is 2.46. The molecule has 0 heterocycles. The lowest BCUT2D eigenvalue weighted by Crippen LogP contribution is -2.33. The summed E-state index contributed by atoms with van der Waals surface area (Å²) in [5, 5.41) is 0. The first-order valence-electron chi connectivity index (χ1n) is 6.33. The van der Waals surface area contributed by atoms with Crippen LogP contribution in [-0.4, -0.2) is 43.1 Å². The first-order chi connectivity index (χ1) is 9.54. The van der Waals surface area contributed by atoms with Crippen LogP contribution in [0.3, 0.4) is 0 Å². The van der Waals surface area contributed by atoms with E-state index in [0.29, 0.717) is 41.6 Å². The number of methoxy groups -OCH3 is 2. The molecule has 0 aliphatic heterocycles. The SMILES string of the molecule is CCN(CCC(N)=S)C(=O)c1cccc(OC)c1OC. The smallest absolute Gasteiger partial charge is 0.257 e. The van der Waals surface area contributed by atoms with Crippen molar-refractivity contribution < 1.29 is 14.3 Å². The van der Waals surface area contributed by atoms with E-state index in [1.54, 1.807) is 23.1 Å². The van der Waals surface area contributed by atoms with Crippen LogP contribution >= 0.6 is 12.2 Å². The average molecular weight is 296 g/mol. The van der Waals surface area contributed by atoms with Gasteiger partial charge in [0.05, 0.1) is 24.8 Å². The van der Waals surface area contributed by atoms with Gasteiger partial charge >= 0.3 is 0 Å². The van der Waals surface area contributed by atoms with Crippen LogP contribution in [0.5, 0.6) is 11.5 Å². The molecule has 110 valence electrons. The van der Waals surface area contributed by atoms with Gasteiger partial charge in [0, 0.05) is 19.5 Å². The zero-order chi connectivity index (χ0) is 15.1. The lowest BCUT2D eigenvalue weighted by molar-refractivity contribution is 0.0765. The van der Waals surface area contributed by atoms with Gasteiger partial charge < -0.3 is 20.1 Å². The molecule has 2 N–H and O–H groups in total. The van der Waals surface area contributed by atoms with Crippen molar-refractivity contribution in [3.05, 3.63) is 23.8 Å². The number of thiocarbonyl (C=S) groups is 1. The second-order valence-electron chi connectivity index (χ2n) is 4.14. The van der Waals surface area contributed by atoms with Gasteiger partial charge in [-0.2, -0.15) is 0 Å². The topological polar surface area (TPSA) is 64.8 Å². The number of hydrogen-bond acceptors (Lipinski definition) is 4. The summed E-state index contributed by atoms with van der Waals surface area (Å²) in [5.41, 5.74) is 5.95. The van der Waals surface area contributed by atoms with Crippen LogP contribution in [0.2, 0.25) is 0 Å². The molecule has 0 atom stereocenters. The van der Waals surface area contributed by atoms with Gasteiger partial charge in [-0.3, -0.25) is 4.79 Å². The van der Waals surface area contributed by atoms with Crippen LogP contribution in [0.15, 0.2) is 18.2 Å². The standard InChI is InChI=1S/C14H20N2O3S/c1-4-16(9-8-12(15)20)14(17)10-6-5-7-11(18-2)13(10)19-3/h5-7H,4,8-9H2,1-3H3,(H2,15,20). The number of benzene rings is 1. The van der Waals surface area contributed by atoms with E-state index in [9.17, 15) is 4.79 Å². The Morgan fingerprint density at radius 1 is 1.35 bits per heavy atom. The Hall–Kier alpha value is -1.82. The number of nitrogens with two attached hydrogens (primary N) is 1. The van der Waals surface area contributed by atoms with Gasteiger partial charge in [0.2, 0.25) is 0 Å². The van der Waals surface area contributed by atoms with Crippen LogP contribution in [-0.2, 0) is 0 Å². The Morgan fingerprint density at radius 3 is 2.55 bits per heavy atom. The Labute approximate surface area is 124 Å². The minimum absolute atomic E-state index is 0.125. The van der Waals surface area contributed by atoms with Gasteiger partial charge in [0.15, 0.2) is 11.5 Å². The summed E-state index contributed by atoms with van der Waals surface area (Å²) in [6.07, 6.45) is 0.501. The van der Waals surface area contributed by atoms with Crippen molar-refractivity contribution in [2.45, 2.75) is 13.3 Å². The molecule has 0 unspecified atom stereocenters. The number of amides is 1. The van der Waals surface area contributed by atoms with Crippen LogP contribution in [0.25, 0.3) is 0 Å². The summed E-state index contributed by atoms with van der Waals surface area (Å²) < 4.78 is 10.5. The van der Waals surface area contributed by atoms with Gasteiger partial charge in [0.25, 0.3) is 5.91 Å². The largest absolute Gasteiger partial charge is 0.493 e. The molecule has 0 aliphatic rings. The molecule has 0 aromatic heterocycles. The summed E-state index contributed by atoms with van der Waals surface area (Å²) in [6, 6.07) is 5.23. The van der Waals surface area contributed by atoms with E-state index in [1.807, 2.05) is 6.92 Å². The zero-order valence-electron chi connectivity index (χ0n) is 12.0. The summed E-state index contributed by atoms with van der Waals surface area (Å²) in [6.45, 7) is 2.97. The first kappa shape index (κ1) is 16.2. The lowest BCUT2D eigenvalue weighted by atomic mass is 10.1. The molecule has 0 spiro atoms. The molecule has 20 heavy (non-hydrogen) atoms. The number of hydrogen-bond donors (Lipinski definition) is 1. The van der Waals surface area contributed by atoms with Crippen molar-refractivity contribution in [3.8, 4) is 11.5 Å². The highest BCUT2D eigenvalue weighted by atomic mass is 32.1. The molecule has 0 saturated heterocycles. The van der Waals surface area contributed by atoms with E-state index in [1.165, 1.54) is 14.2 Å². The number of ether oxygens (including phenoxy) is 2. The maximum Gasteiger partial charge on any atom is 0.257 e. The Kier molecular flexibility index (Phi) is 6.24. The molecule has 5 nitrogen and oxygen atoms in total. The van der Waals surface area contributed by atoms with Crippen LogP contribution in [0.4, 0.5) is 0 Å². The lowest BCUT2D eigenvalue weighted by Gasteiger charge is -2.22. The Bertz CT molecular complexity index is 491. The van der Waals surface area contributed by atoms with E-state index in [-0.39, 0.29) is 5.91 Å². The fourth-order valence-corrected chi connectivity index (χ4v) is 1.97. The summed E-state index contributed by atoms with van der Waals surface area (Å²) in [4.78, 5) is 14.6. The number of nitrogens with zero attached hydrogens (tertiary/aromatic N) is 1. The number of para-hydroxylation sites is 1. The van der Waals surface area contributed by atoms with Crippen LogP contribution in [0, 0.1) is 0 Å². The summed E-state index contributed by atoms with van der Waals surface area (Å²) in [5.74, 6) is 0.844. The summed E-state index contributed by atoms with van der Waals surface area (Å²) >= 11 is 4.85. The molecule has 0 bridgehead atoms. The fraction of sp³-hybridized carbons (Fsp3) is 0.429. The maximum atomic E-state index is 12.5. The van der Waals surface area contributed by atoms with Gasteiger partial charge in [-0.15, -0.1) is 0 Å². The number of rotatable bonds is 7. The number of carbonyl (C=O) groups excluding carboxylic acids is 1. The van der Waals surface area contributed by atoms with Gasteiger partial charge in [0.1, 0.15) is 0 Å². The third-order valence-corrected chi connectivity index (χ3v) is 3.13. The highest BCUT2D eigenvalue weighted by Crippen LogP contribution is 2.31. The Balaban J connectivity index is 3.03. The quantitative estimate of drug-likeness (QED) is 0.778. The molecule has 6 heteroatoms. The fourth-order valence-electron chi connectivity index (χ4n) is 1.87. The van der Waals surface area contributed by atoms with Crippen LogP contribution < -0.4 is 15.2 Å². The van der Waals surface area contributed by atoms with E-state index < -0.39 is 0 Å². The predicted molar refractivity (Wildman–Crippen MR) is 82.5 cm³/mol. The van der Waals surface area contributed by atoms with Crippen molar-refractivity contribution in [2.75, 3.05) is 27.3 Å². The van der Waals surface area contributed by atoms with Crippen LogP contribution in [0.1, 0.15) is 23.7 Å².